The normalized spacial score (nSPS) is 17.2. The molecule has 2 heterocycles. The number of ether oxygens (including phenoxy) is 1. The average molecular weight is 454 g/mol. The van der Waals surface area contributed by atoms with Gasteiger partial charge < -0.3 is 14.5 Å². The summed E-state index contributed by atoms with van der Waals surface area (Å²) in [6, 6.07) is 22.9. The van der Waals surface area contributed by atoms with Crippen molar-refractivity contribution >= 4 is 28.8 Å². The molecule has 0 saturated carbocycles. The topological polar surface area (TPSA) is 53.1 Å². The number of nitrogens with zero attached hydrogens (tertiary/aromatic N) is 3. The molecule has 0 spiro atoms. The van der Waals surface area contributed by atoms with E-state index in [0.717, 1.165) is 43.2 Å². The van der Waals surface area contributed by atoms with E-state index in [2.05, 4.69) is 21.9 Å². The predicted molar refractivity (Wildman–Crippen MR) is 134 cm³/mol. The number of piperazine rings is 1. The Morgan fingerprint density at radius 3 is 2.00 bits per heavy atom. The van der Waals surface area contributed by atoms with Crippen molar-refractivity contribution in [1.29, 1.82) is 0 Å². The van der Waals surface area contributed by atoms with Gasteiger partial charge in [0, 0.05) is 49.2 Å². The Labute approximate surface area is 199 Å². The highest BCUT2D eigenvalue weighted by Gasteiger charge is 2.36. The molecule has 2 amide bonds. The van der Waals surface area contributed by atoms with Crippen LogP contribution in [0.15, 0.2) is 79.0 Å². The molecule has 2 aliphatic heterocycles. The molecular weight excluding hydrogens is 426 g/mol. The van der Waals surface area contributed by atoms with E-state index in [1.54, 1.807) is 13.2 Å². The van der Waals surface area contributed by atoms with E-state index >= 15 is 0 Å². The first-order chi connectivity index (χ1) is 16.5. The zero-order valence-corrected chi connectivity index (χ0v) is 19.4. The van der Waals surface area contributed by atoms with Crippen molar-refractivity contribution in [3.05, 3.63) is 95.7 Å². The largest absolute Gasteiger partial charge is 0.497 e. The third-order valence-electron chi connectivity index (χ3n) is 6.44. The van der Waals surface area contributed by atoms with Gasteiger partial charge in [0.25, 0.3) is 11.8 Å². The Balaban J connectivity index is 1.41. The minimum Gasteiger partial charge on any atom is -0.497 e. The summed E-state index contributed by atoms with van der Waals surface area (Å²) in [7, 11) is 1.67. The Bertz CT molecular complexity index is 1240. The third kappa shape index (κ3) is 4.03. The summed E-state index contributed by atoms with van der Waals surface area (Å²) in [5.41, 5.74) is 4.61. The van der Waals surface area contributed by atoms with Crippen LogP contribution in [-0.4, -0.2) is 50.0 Å². The molecular formula is C28H27N3O3. The molecule has 5 rings (SSSR count). The van der Waals surface area contributed by atoms with Crippen LogP contribution in [0.5, 0.6) is 5.75 Å². The summed E-state index contributed by atoms with van der Waals surface area (Å²) in [5, 5.41) is 0. The third-order valence-corrected chi connectivity index (χ3v) is 6.44. The molecule has 0 aliphatic carbocycles. The highest BCUT2D eigenvalue weighted by atomic mass is 16.5. The van der Waals surface area contributed by atoms with Gasteiger partial charge in [0.15, 0.2) is 0 Å². The summed E-state index contributed by atoms with van der Waals surface area (Å²) < 4.78 is 5.26. The number of hydrogen-bond acceptors (Lipinski definition) is 5. The van der Waals surface area contributed by atoms with Gasteiger partial charge in [-0.25, -0.2) is 4.90 Å². The lowest BCUT2D eigenvalue weighted by molar-refractivity contribution is -0.112. The second-order valence-corrected chi connectivity index (χ2v) is 8.59. The molecule has 1 saturated heterocycles. The number of carbonyl (C=O) groups excluding carboxylic acids is 2. The number of benzene rings is 3. The Morgan fingerprint density at radius 2 is 1.35 bits per heavy atom. The van der Waals surface area contributed by atoms with Crippen LogP contribution >= 0.6 is 0 Å². The maximum absolute atomic E-state index is 13.6. The fraction of sp³-hybridized carbons (Fsp3) is 0.214. The van der Waals surface area contributed by atoms with E-state index in [-0.39, 0.29) is 11.8 Å². The predicted octanol–water partition coefficient (Wildman–Crippen LogP) is 4.35. The van der Waals surface area contributed by atoms with E-state index in [9.17, 15) is 9.59 Å². The smallest absolute Gasteiger partial charge is 0.267 e. The van der Waals surface area contributed by atoms with Crippen LogP contribution in [0.4, 0.5) is 11.4 Å². The van der Waals surface area contributed by atoms with Crippen molar-refractivity contribution in [3.8, 4) is 5.75 Å². The van der Waals surface area contributed by atoms with Gasteiger partial charge in [0.05, 0.1) is 18.4 Å². The fourth-order valence-electron chi connectivity index (χ4n) is 4.49. The van der Waals surface area contributed by atoms with E-state index in [0.29, 0.717) is 22.4 Å². The molecule has 6 nitrogen and oxygen atoms in total. The van der Waals surface area contributed by atoms with Crippen LogP contribution in [0, 0.1) is 6.92 Å². The number of imide groups is 1. The van der Waals surface area contributed by atoms with Crippen LogP contribution in [-0.2, 0) is 4.79 Å². The number of methoxy groups -OCH3 is 1. The van der Waals surface area contributed by atoms with Gasteiger partial charge in [-0.1, -0.05) is 35.9 Å². The summed E-state index contributed by atoms with van der Waals surface area (Å²) in [6.45, 7) is 5.22. The van der Waals surface area contributed by atoms with Crippen molar-refractivity contribution in [1.82, 2.24) is 4.90 Å². The number of carbonyl (C=O) groups is 2. The zero-order chi connectivity index (χ0) is 23.7. The first-order valence-electron chi connectivity index (χ1n) is 11.4. The van der Waals surface area contributed by atoms with Crippen LogP contribution in [0.3, 0.4) is 0 Å². The van der Waals surface area contributed by atoms with Crippen molar-refractivity contribution < 1.29 is 14.3 Å². The first-order valence-corrected chi connectivity index (χ1v) is 11.4. The average Bonchev–Trinajstić information content (AvgIpc) is 2.88. The van der Waals surface area contributed by atoms with Gasteiger partial charge in [-0.05, 0) is 49.4 Å². The molecule has 3 aromatic rings. The van der Waals surface area contributed by atoms with Crippen LogP contribution in [0.2, 0.25) is 0 Å². The SMILES string of the molecule is COc1ccc(N2CCN(/C=C3\C(=O)N(c4ccc(C)cc4)C(=O)c4ccccc43)CC2)cc1. The van der Waals surface area contributed by atoms with E-state index < -0.39 is 0 Å². The van der Waals surface area contributed by atoms with Gasteiger partial charge in [0.2, 0.25) is 0 Å². The van der Waals surface area contributed by atoms with E-state index in [4.69, 9.17) is 4.74 Å². The minimum absolute atomic E-state index is 0.286. The zero-order valence-electron chi connectivity index (χ0n) is 19.4. The number of rotatable bonds is 4. The van der Waals surface area contributed by atoms with Crippen molar-refractivity contribution in [2.24, 2.45) is 0 Å². The van der Waals surface area contributed by atoms with Crippen molar-refractivity contribution in [3.63, 3.8) is 0 Å². The summed E-state index contributed by atoms with van der Waals surface area (Å²) >= 11 is 0. The number of aryl methyl sites for hydroxylation is 1. The second-order valence-electron chi connectivity index (χ2n) is 8.59. The van der Waals surface area contributed by atoms with E-state index in [1.807, 2.05) is 67.7 Å². The summed E-state index contributed by atoms with van der Waals surface area (Å²) in [5.74, 6) is 0.269. The minimum atomic E-state index is -0.287. The summed E-state index contributed by atoms with van der Waals surface area (Å²) in [4.78, 5) is 32.6. The molecule has 0 unspecified atom stereocenters. The molecule has 1 fully saturated rings. The molecule has 3 aromatic carbocycles. The van der Waals surface area contributed by atoms with E-state index in [1.165, 1.54) is 4.90 Å². The maximum atomic E-state index is 13.6. The molecule has 0 N–H and O–H groups in total. The standard InChI is InChI=1S/C28H27N3O3/c1-20-7-9-22(10-8-20)31-27(32)25-6-4-3-5-24(25)26(28(31)33)19-29-15-17-30(18-16-29)21-11-13-23(34-2)14-12-21/h3-14,19H,15-18H2,1-2H3/b26-19-. The Hall–Kier alpha value is -4.06. The van der Waals surface area contributed by atoms with Gasteiger partial charge in [-0.2, -0.15) is 0 Å². The fourth-order valence-corrected chi connectivity index (χ4v) is 4.49. The molecule has 0 radical (unpaired) electrons. The lowest BCUT2D eigenvalue weighted by Crippen LogP contribution is -2.46. The van der Waals surface area contributed by atoms with Gasteiger partial charge >= 0.3 is 0 Å². The number of hydrogen-bond donors (Lipinski definition) is 0. The Kier molecular flexibility index (Phi) is 5.80. The molecule has 172 valence electrons. The molecule has 34 heavy (non-hydrogen) atoms. The second kappa shape index (κ2) is 9.06. The molecule has 2 aliphatic rings. The molecule has 0 aromatic heterocycles. The number of anilines is 2. The highest BCUT2D eigenvalue weighted by molar-refractivity contribution is 6.41. The number of amides is 2. The molecule has 0 atom stereocenters. The van der Waals surface area contributed by atoms with Crippen LogP contribution in [0.1, 0.15) is 21.5 Å². The van der Waals surface area contributed by atoms with Crippen molar-refractivity contribution in [2.75, 3.05) is 43.1 Å². The van der Waals surface area contributed by atoms with Gasteiger partial charge in [-0.3, -0.25) is 9.59 Å². The lowest BCUT2D eigenvalue weighted by atomic mass is 9.93. The quantitative estimate of drug-likeness (QED) is 0.434. The lowest BCUT2D eigenvalue weighted by Gasteiger charge is -2.37. The summed E-state index contributed by atoms with van der Waals surface area (Å²) in [6.07, 6.45) is 1.93. The first kappa shape index (κ1) is 21.8. The maximum Gasteiger partial charge on any atom is 0.267 e. The van der Waals surface area contributed by atoms with Crippen molar-refractivity contribution in [2.45, 2.75) is 6.92 Å². The number of fused-ring (bicyclic) bond motifs is 1. The monoisotopic (exact) mass is 453 g/mol. The molecule has 6 heteroatoms. The van der Waals surface area contributed by atoms with Gasteiger partial charge in [0.1, 0.15) is 5.75 Å². The Morgan fingerprint density at radius 1 is 0.735 bits per heavy atom. The van der Waals surface area contributed by atoms with Crippen LogP contribution < -0.4 is 14.5 Å². The highest BCUT2D eigenvalue weighted by Crippen LogP contribution is 2.33. The van der Waals surface area contributed by atoms with Crippen LogP contribution in [0.25, 0.3) is 5.57 Å². The van der Waals surface area contributed by atoms with Gasteiger partial charge in [-0.15, -0.1) is 0 Å². The molecule has 0 bridgehead atoms.